The van der Waals surface area contributed by atoms with Gasteiger partial charge in [-0.05, 0) is 75.2 Å². The van der Waals surface area contributed by atoms with Crippen molar-refractivity contribution in [3.8, 4) is 0 Å². The number of halogens is 1. The second-order valence-corrected chi connectivity index (χ2v) is 10.6. The van der Waals surface area contributed by atoms with Gasteiger partial charge in [0.1, 0.15) is 5.03 Å². The predicted octanol–water partition coefficient (Wildman–Crippen LogP) is 4.60. The van der Waals surface area contributed by atoms with Gasteiger partial charge < -0.3 is 15.1 Å². The first kappa shape index (κ1) is 23.5. The molecule has 3 heterocycles. The lowest BCUT2D eigenvalue weighted by molar-refractivity contribution is -0.125. The lowest BCUT2D eigenvalue weighted by Crippen LogP contribution is -2.43. The highest BCUT2D eigenvalue weighted by Crippen LogP contribution is 2.28. The van der Waals surface area contributed by atoms with Gasteiger partial charge >= 0.3 is 0 Å². The van der Waals surface area contributed by atoms with E-state index in [0.717, 1.165) is 59.2 Å². The van der Waals surface area contributed by atoms with E-state index in [1.165, 1.54) is 38.8 Å². The van der Waals surface area contributed by atoms with Gasteiger partial charge in [0.05, 0.1) is 0 Å². The van der Waals surface area contributed by atoms with Crippen LogP contribution in [0.5, 0.6) is 0 Å². The van der Waals surface area contributed by atoms with Crippen LogP contribution >= 0.6 is 27.7 Å². The highest BCUT2D eigenvalue weighted by molar-refractivity contribution is 9.10. The molecule has 0 saturated carbocycles. The number of nitrogens with zero attached hydrogens (tertiary/aromatic N) is 4. The van der Waals surface area contributed by atoms with Gasteiger partial charge in [0.2, 0.25) is 5.91 Å². The third-order valence-electron chi connectivity index (χ3n) is 6.28. The molecule has 2 aliphatic rings. The van der Waals surface area contributed by atoms with E-state index in [-0.39, 0.29) is 11.8 Å². The number of aromatic nitrogens is 2. The number of piperidine rings is 1. The van der Waals surface area contributed by atoms with Gasteiger partial charge in [-0.25, -0.2) is 0 Å². The Labute approximate surface area is 203 Å². The van der Waals surface area contributed by atoms with E-state index in [2.05, 4.69) is 53.4 Å². The van der Waals surface area contributed by atoms with E-state index in [0.29, 0.717) is 0 Å². The molecule has 8 heteroatoms. The topological polar surface area (TPSA) is 61.4 Å². The van der Waals surface area contributed by atoms with Crippen molar-refractivity contribution in [2.45, 2.75) is 48.4 Å². The molecule has 0 radical (unpaired) electrons. The van der Waals surface area contributed by atoms with Crippen LogP contribution in [-0.4, -0.2) is 60.3 Å². The molecule has 2 aliphatic heterocycles. The molecule has 1 N–H and O–H groups in total. The fraction of sp³-hybridized carbons (Fsp3) is 0.542. The first-order valence-electron chi connectivity index (χ1n) is 11.7. The third-order valence-corrected chi connectivity index (χ3v) is 7.74. The van der Waals surface area contributed by atoms with Gasteiger partial charge in [-0.1, -0.05) is 40.5 Å². The number of anilines is 1. The molecule has 0 bridgehead atoms. The molecule has 1 amide bonds. The smallest absolute Gasteiger partial charge is 0.223 e. The first-order chi connectivity index (χ1) is 15.7. The summed E-state index contributed by atoms with van der Waals surface area (Å²) < 4.78 is 1.07. The van der Waals surface area contributed by atoms with Crippen molar-refractivity contribution in [3.05, 3.63) is 40.9 Å². The van der Waals surface area contributed by atoms with E-state index >= 15 is 0 Å². The summed E-state index contributed by atoms with van der Waals surface area (Å²) in [7, 11) is 0. The SMILES string of the molecule is O=C(NCCN1CCCCCC1)C1CCN(c2ccc(Sc3ccc(Br)cc3)nn2)CC1. The second kappa shape index (κ2) is 12.0. The maximum absolute atomic E-state index is 12.6. The molecule has 1 aromatic heterocycles. The van der Waals surface area contributed by atoms with Crippen LogP contribution < -0.4 is 10.2 Å². The zero-order chi connectivity index (χ0) is 22.2. The minimum absolute atomic E-state index is 0.107. The van der Waals surface area contributed by atoms with Crippen molar-refractivity contribution < 1.29 is 4.79 Å². The summed E-state index contributed by atoms with van der Waals surface area (Å²) >= 11 is 5.06. The van der Waals surface area contributed by atoms with Gasteiger partial charge in [-0.3, -0.25) is 4.79 Å². The molecule has 4 rings (SSSR count). The quantitative estimate of drug-likeness (QED) is 0.578. The first-order valence-corrected chi connectivity index (χ1v) is 13.3. The molecule has 0 unspecified atom stereocenters. The summed E-state index contributed by atoms with van der Waals surface area (Å²) in [6.45, 7) is 5.79. The van der Waals surface area contributed by atoms with Crippen LogP contribution in [0, 0.1) is 5.92 Å². The second-order valence-electron chi connectivity index (χ2n) is 8.59. The van der Waals surface area contributed by atoms with Crippen molar-refractivity contribution in [2.75, 3.05) is 44.2 Å². The number of rotatable bonds is 7. The summed E-state index contributed by atoms with van der Waals surface area (Å²) in [5.74, 6) is 1.22. The van der Waals surface area contributed by atoms with Crippen molar-refractivity contribution >= 4 is 39.4 Å². The van der Waals surface area contributed by atoms with E-state index in [4.69, 9.17) is 0 Å². The number of hydrogen-bond acceptors (Lipinski definition) is 6. The molecule has 32 heavy (non-hydrogen) atoms. The van der Waals surface area contributed by atoms with Gasteiger partial charge in [0.25, 0.3) is 0 Å². The van der Waals surface area contributed by atoms with Crippen LogP contribution in [0.1, 0.15) is 38.5 Å². The number of nitrogens with one attached hydrogen (secondary N) is 1. The van der Waals surface area contributed by atoms with Crippen LogP contribution in [0.2, 0.25) is 0 Å². The number of carbonyl (C=O) groups is 1. The number of amides is 1. The predicted molar refractivity (Wildman–Crippen MR) is 133 cm³/mol. The van der Waals surface area contributed by atoms with Crippen LogP contribution in [0.25, 0.3) is 0 Å². The standard InChI is InChI=1S/C24H32BrN5OS/c25-20-5-7-21(8-6-20)32-23-10-9-22(27-28-23)30-16-11-19(12-17-30)24(31)26-13-18-29-14-3-1-2-4-15-29/h5-10,19H,1-4,11-18H2,(H,26,31). The highest BCUT2D eigenvalue weighted by atomic mass is 79.9. The summed E-state index contributed by atoms with van der Waals surface area (Å²) in [6, 6.07) is 12.2. The largest absolute Gasteiger partial charge is 0.355 e. The molecule has 172 valence electrons. The fourth-order valence-corrected chi connectivity index (χ4v) is 5.37. The molecule has 6 nitrogen and oxygen atoms in total. The maximum atomic E-state index is 12.6. The van der Waals surface area contributed by atoms with E-state index < -0.39 is 0 Å². The number of carbonyl (C=O) groups excluding carboxylic acids is 1. The molecule has 0 spiro atoms. The third kappa shape index (κ3) is 6.93. The molecular weight excluding hydrogens is 486 g/mol. The highest BCUT2D eigenvalue weighted by Gasteiger charge is 2.25. The Morgan fingerprint density at radius 1 is 0.969 bits per heavy atom. The van der Waals surface area contributed by atoms with E-state index in [1.807, 2.05) is 24.3 Å². The average Bonchev–Trinajstić information content (AvgIpc) is 3.10. The van der Waals surface area contributed by atoms with Gasteiger partial charge in [-0.15, -0.1) is 10.2 Å². The molecular formula is C24H32BrN5OS. The summed E-state index contributed by atoms with van der Waals surface area (Å²) in [5, 5.41) is 12.9. The number of hydrogen-bond donors (Lipinski definition) is 1. The average molecular weight is 519 g/mol. The van der Waals surface area contributed by atoms with Crippen molar-refractivity contribution in [1.82, 2.24) is 20.4 Å². The Bertz CT molecular complexity index is 848. The molecule has 1 aromatic carbocycles. The zero-order valence-electron chi connectivity index (χ0n) is 18.5. The normalized spacial score (nSPS) is 18.3. The van der Waals surface area contributed by atoms with Gasteiger partial charge in [0, 0.05) is 41.5 Å². The number of likely N-dealkylation sites (tertiary alicyclic amines) is 1. The fourth-order valence-electron chi connectivity index (χ4n) is 4.37. The molecule has 0 aliphatic carbocycles. The van der Waals surface area contributed by atoms with Crippen LogP contribution in [-0.2, 0) is 4.79 Å². The van der Waals surface area contributed by atoms with Crippen molar-refractivity contribution in [2.24, 2.45) is 5.92 Å². The minimum atomic E-state index is 0.107. The van der Waals surface area contributed by atoms with Crippen molar-refractivity contribution in [1.29, 1.82) is 0 Å². The lowest BCUT2D eigenvalue weighted by Gasteiger charge is -2.32. The van der Waals surface area contributed by atoms with Gasteiger partial charge in [0.15, 0.2) is 5.82 Å². The summed E-state index contributed by atoms with van der Waals surface area (Å²) in [5.41, 5.74) is 0. The van der Waals surface area contributed by atoms with Crippen molar-refractivity contribution in [3.63, 3.8) is 0 Å². The molecule has 2 saturated heterocycles. The molecule has 0 atom stereocenters. The minimum Gasteiger partial charge on any atom is -0.355 e. The Morgan fingerprint density at radius 3 is 2.34 bits per heavy atom. The molecule has 2 fully saturated rings. The Morgan fingerprint density at radius 2 is 1.69 bits per heavy atom. The maximum Gasteiger partial charge on any atom is 0.223 e. The molecule has 2 aromatic rings. The Balaban J connectivity index is 1.19. The van der Waals surface area contributed by atoms with E-state index in [1.54, 1.807) is 11.8 Å². The van der Waals surface area contributed by atoms with E-state index in [9.17, 15) is 4.79 Å². The van der Waals surface area contributed by atoms with Gasteiger partial charge in [-0.2, -0.15) is 0 Å². The Hall–Kier alpha value is -1.64. The zero-order valence-corrected chi connectivity index (χ0v) is 20.9. The summed E-state index contributed by atoms with van der Waals surface area (Å²) in [6.07, 6.45) is 7.01. The van der Waals surface area contributed by atoms with Crippen LogP contribution in [0.4, 0.5) is 5.82 Å². The lowest BCUT2D eigenvalue weighted by atomic mass is 9.96. The Kier molecular flexibility index (Phi) is 8.82. The van der Waals surface area contributed by atoms with Crippen LogP contribution in [0.3, 0.4) is 0 Å². The number of benzene rings is 1. The monoisotopic (exact) mass is 517 g/mol. The summed E-state index contributed by atoms with van der Waals surface area (Å²) in [4.78, 5) is 18.5. The van der Waals surface area contributed by atoms with Crippen LogP contribution in [0.15, 0.2) is 50.8 Å².